The number of esters is 1. The summed E-state index contributed by atoms with van der Waals surface area (Å²) in [5.74, 6) is 0.397. The van der Waals surface area contributed by atoms with Crippen LogP contribution in [-0.2, 0) is 20.5 Å². The zero-order chi connectivity index (χ0) is 22.6. The van der Waals surface area contributed by atoms with Crippen molar-refractivity contribution < 1.29 is 19.0 Å². The van der Waals surface area contributed by atoms with Gasteiger partial charge in [-0.05, 0) is 36.2 Å². The van der Waals surface area contributed by atoms with Gasteiger partial charge in [0.05, 0.1) is 23.6 Å². The van der Waals surface area contributed by atoms with Gasteiger partial charge >= 0.3 is 5.97 Å². The number of fused-ring (bicyclic) bond motifs is 2. The zero-order valence-corrected chi connectivity index (χ0v) is 18.7. The number of benzene rings is 3. The lowest BCUT2D eigenvalue weighted by molar-refractivity contribution is -0.0390. The van der Waals surface area contributed by atoms with E-state index in [1.54, 1.807) is 0 Å². The second-order valence-electron chi connectivity index (χ2n) is 9.30. The minimum absolute atomic E-state index is 0.206. The molecule has 6 rings (SSSR count). The average Bonchev–Trinajstić information content (AvgIpc) is 3.51. The van der Waals surface area contributed by atoms with Gasteiger partial charge in [-0.25, -0.2) is 4.79 Å². The average molecular weight is 440 g/mol. The molecule has 3 heterocycles. The van der Waals surface area contributed by atoms with Crippen molar-refractivity contribution in [1.82, 2.24) is 0 Å². The molecular weight excluding hydrogens is 414 g/mol. The Labute approximate surface area is 193 Å². The normalized spacial score (nSPS) is 24.7. The molecule has 0 aromatic heterocycles. The van der Waals surface area contributed by atoms with Crippen molar-refractivity contribution in [2.24, 2.45) is 4.99 Å². The van der Waals surface area contributed by atoms with Crippen LogP contribution in [0.4, 0.5) is 5.69 Å². The SMILES string of the molecule is CC1(C)C(C2(c3ccc(OC4CCCO4)cc3)OC(=O)c3ccccc32)=Nc2ccccc21. The molecule has 33 heavy (non-hydrogen) atoms. The number of rotatable bonds is 4. The van der Waals surface area contributed by atoms with Crippen LogP contribution in [0.5, 0.6) is 5.75 Å². The van der Waals surface area contributed by atoms with Gasteiger partial charge < -0.3 is 14.2 Å². The molecule has 0 radical (unpaired) electrons. The third kappa shape index (κ3) is 2.96. The lowest BCUT2D eigenvalue weighted by Crippen LogP contribution is -2.45. The number of carbonyl (C=O) groups excluding carboxylic acids is 1. The van der Waals surface area contributed by atoms with Gasteiger partial charge in [0.15, 0.2) is 6.29 Å². The van der Waals surface area contributed by atoms with Gasteiger partial charge in [-0.3, -0.25) is 4.99 Å². The Bertz CT molecular complexity index is 1270. The van der Waals surface area contributed by atoms with Crippen LogP contribution in [0.3, 0.4) is 0 Å². The van der Waals surface area contributed by atoms with Crippen LogP contribution in [0.2, 0.25) is 0 Å². The van der Waals surface area contributed by atoms with Crippen LogP contribution in [-0.4, -0.2) is 24.6 Å². The van der Waals surface area contributed by atoms with Crippen LogP contribution in [0.1, 0.15) is 53.7 Å². The van der Waals surface area contributed by atoms with Crippen LogP contribution in [0, 0.1) is 0 Å². The number of hydrogen-bond donors (Lipinski definition) is 0. The highest BCUT2D eigenvalue weighted by Crippen LogP contribution is 2.52. The van der Waals surface area contributed by atoms with Gasteiger partial charge in [-0.1, -0.05) is 62.4 Å². The second kappa shape index (κ2) is 7.29. The Morgan fingerprint density at radius 2 is 1.67 bits per heavy atom. The number of nitrogens with zero attached hydrogens (tertiary/aromatic N) is 1. The standard InChI is InChI=1S/C28H25NO4/c1-27(2)22-10-5-6-11-23(22)29-26(27)28(21-9-4-3-8-20(21)25(30)33-28)18-13-15-19(16-14-18)32-24-12-7-17-31-24/h3-6,8-11,13-16,24H,7,12,17H2,1-2H3. The third-order valence-corrected chi connectivity index (χ3v) is 6.92. The van der Waals surface area contributed by atoms with E-state index in [4.69, 9.17) is 19.2 Å². The summed E-state index contributed by atoms with van der Waals surface area (Å²) < 4.78 is 17.9. The van der Waals surface area contributed by atoms with Crippen LogP contribution >= 0.6 is 0 Å². The first kappa shape index (κ1) is 20.2. The topological polar surface area (TPSA) is 57.1 Å². The molecule has 0 N–H and O–H groups in total. The van der Waals surface area contributed by atoms with E-state index in [1.165, 1.54) is 0 Å². The summed E-state index contributed by atoms with van der Waals surface area (Å²) in [6.07, 6.45) is 1.69. The number of hydrogen-bond acceptors (Lipinski definition) is 5. The molecule has 166 valence electrons. The summed E-state index contributed by atoms with van der Waals surface area (Å²) in [5, 5.41) is 0. The molecule has 1 saturated heterocycles. The third-order valence-electron chi connectivity index (χ3n) is 6.92. The van der Waals surface area contributed by atoms with Crippen LogP contribution in [0.25, 0.3) is 0 Å². The van der Waals surface area contributed by atoms with Gasteiger partial charge in [-0.15, -0.1) is 0 Å². The molecule has 0 amide bonds. The number of cyclic esters (lactones) is 1. The van der Waals surface area contributed by atoms with E-state index < -0.39 is 11.0 Å². The first-order chi connectivity index (χ1) is 16.0. The van der Waals surface area contributed by atoms with Crippen LogP contribution in [0.15, 0.2) is 77.8 Å². The van der Waals surface area contributed by atoms with Crippen LogP contribution < -0.4 is 4.74 Å². The summed E-state index contributed by atoms with van der Waals surface area (Å²) in [7, 11) is 0. The van der Waals surface area contributed by atoms with Crippen molar-refractivity contribution in [1.29, 1.82) is 0 Å². The fourth-order valence-corrected chi connectivity index (χ4v) is 5.31. The van der Waals surface area contributed by atoms with E-state index in [9.17, 15) is 4.79 Å². The van der Waals surface area contributed by atoms with Crippen molar-refractivity contribution in [3.05, 3.63) is 95.1 Å². The zero-order valence-electron chi connectivity index (χ0n) is 18.7. The molecule has 5 nitrogen and oxygen atoms in total. The van der Waals surface area contributed by atoms with E-state index in [0.717, 1.165) is 53.3 Å². The van der Waals surface area contributed by atoms with Gasteiger partial charge in [0.2, 0.25) is 5.60 Å². The Morgan fingerprint density at radius 1 is 0.939 bits per heavy atom. The minimum atomic E-state index is -1.11. The smallest absolute Gasteiger partial charge is 0.340 e. The fraction of sp³-hybridized carbons (Fsp3) is 0.286. The molecule has 0 spiro atoms. The molecule has 1 fully saturated rings. The monoisotopic (exact) mass is 439 g/mol. The Kier molecular flexibility index (Phi) is 4.46. The summed E-state index contributed by atoms with van der Waals surface area (Å²) in [4.78, 5) is 18.1. The summed E-state index contributed by atoms with van der Waals surface area (Å²) in [6.45, 7) is 5.01. The Hall–Kier alpha value is -3.44. The predicted octanol–water partition coefficient (Wildman–Crippen LogP) is 5.68. The molecule has 3 aliphatic heterocycles. The largest absolute Gasteiger partial charge is 0.465 e. The summed E-state index contributed by atoms with van der Waals surface area (Å²) in [5.41, 5.74) is 3.55. The minimum Gasteiger partial charge on any atom is -0.465 e. The van der Waals surface area contributed by atoms with Gasteiger partial charge in [0.25, 0.3) is 0 Å². The molecule has 3 aromatic rings. The van der Waals surface area contributed by atoms with E-state index >= 15 is 0 Å². The highest BCUT2D eigenvalue weighted by atomic mass is 16.7. The molecule has 0 aliphatic carbocycles. The van der Waals surface area contributed by atoms with Gasteiger partial charge in [-0.2, -0.15) is 0 Å². The number of aliphatic imine (C=N–C) groups is 1. The number of ether oxygens (including phenoxy) is 3. The molecule has 0 bridgehead atoms. The van der Waals surface area contributed by atoms with E-state index in [-0.39, 0.29) is 12.3 Å². The predicted molar refractivity (Wildman–Crippen MR) is 125 cm³/mol. The van der Waals surface area contributed by atoms with Gasteiger partial charge in [0, 0.05) is 23.0 Å². The summed E-state index contributed by atoms with van der Waals surface area (Å²) in [6, 6.07) is 23.5. The highest BCUT2D eigenvalue weighted by molar-refractivity contribution is 6.13. The molecular formula is C28H25NO4. The molecule has 5 heteroatoms. The van der Waals surface area contributed by atoms with E-state index in [0.29, 0.717) is 5.56 Å². The molecule has 2 unspecified atom stereocenters. The Balaban J connectivity index is 1.51. The maximum absolute atomic E-state index is 13.1. The first-order valence-electron chi connectivity index (χ1n) is 11.4. The molecule has 3 aromatic carbocycles. The van der Waals surface area contributed by atoms with E-state index in [1.807, 2.05) is 66.7 Å². The number of para-hydroxylation sites is 1. The van der Waals surface area contributed by atoms with Crippen molar-refractivity contribution in [2.75, 3.05) is 6.61 Å². The highest BCUT2D eigenvalue weighted by Gasteiger charge is 2.57. The summed E-state index contributed by atoms with van der Waals surface area (Å²) >= 11 is 0. The van der Waals surface area contributed by atoms with Crippen molar-refractivity contribution in [2.45, 2.75) is 44.0 Å². The second-order valence-corrected chi connectivity index (χ2v) is 9.30. The van der Waals surface area contributed by atoms with E-state index in [2.05, 4.69) is 19.9 Å². The molecule has 2 atom stereocenters. The maximum atomic E-state index is 13.1. The van der Waals surface area contributed by atoms with Crippen molar-refractivity contribution in [3.63, 3.8) is 0 Å². The fourth-order valence-electron chi connectivity index (χ4n) is 5.31. The maximum Gasteiger partial charge on any atom is 0.340 e. The molecule has 0 saturated carbocycles. The quantitative estimate of drug-likeness (QED) is 0.491. The Morgan fingerprint density at radius 3 is 2.39 bits per heavy atom. The first-order valence-corrected chi connectivity index (χ1v) is 11.4. The van der Waals surface area contributed by atoms with Gasteiger partial charge in [0.1, 0.15) is 5.75 Å². The molecule has 3 aliphatic rings. The lowest BCUT2D eigenvalue weighted by atomic mass is 9.69. The van der Waals surface area contributed by atoms with Crippen molar-refractivity contribution in [3.8, 4) is 5.75 Å². The number of carbonyl (C=O) groups is 1. The van der Waals surface area contributed by atoms with Crippen molar-refractivity contribution >= 4 is 17.4 Å². The lowest BCUT2D eigenvalue weighted by Gasteiger charge is -2.36.